The topological polar surface area (TPSA) is 17.1 Å². The van der Waals surface area contributed by atoms with E-state index in [0.717, 1.165) is 11.1 Å². The molecule has 0 amide bonds. The van der Waals surface area contributed by atoms with E-state index in [9.17, 15) is 13.6 Å². The van der Waals surface area contributed by atoms with Gasteiger partial charge in [0.05, 0.1) is 5.92 Å². The van der Waals surface area contributed by atoms with Crippen molar-refractivity contribution >= 4 is 16.8 Å². The zero-order valence-electron chi connectivity index (χ0n) is 10.1. The van der Waals surface area contributed by atoms with Crippen molar-refractivity contribution in [2.75, 3.05) is 0 Å². The standard InChI is InChI=1S/C14H15ClF2O/c1-2-12(13(15)18)10-5-3-9(4-6-10)11-7-14(16,17)8-11/h3-6,11-12H,2,7-8H2,1H3/t12-/m0/s1. The van der Waals surface area contributed by atoms with Crippen LogP contribution in [0.15, 0.2) is 24.3 Å². The molecular weight excluding hydrogens is 258 g/mol. The number of carbonyl (C=O) groups is 1. The highest BCUT2D eigenvalue weighted by Crippen LogP contribution is 2.48. The molecule has 1 fully saturated rings. The molecule has 1 aromatic rings. The van der Waals surface area contributed by atoms with Crippen molar-refractivity contribution in [3.63, 3.8) is 0 Å². The van der Waals surface area contributed by atoms with Crippen LogP contribution in [0.1, 0.15) is 49.1 Å². The van der Waals surface area contributed by atoms with Crippen LogP contribution >= 0.6 is 11.6 Å². The van der Waals surface area contributed by atoms with Crippen LogP contribution in [0.2, 0.25) is 0 Å². The van der Waals surface area contributed by atoms with Gasteiger partial charge in [-0.2, -0.15) is 0 Å². The minimum atomic E-state index is -2.50. The number of hydrogen-bond donors (Lipinski definition) is 0. The van der Waals surface area contributed by atoms with Gasteiger partial charge in [-0.25, -0.2) is 8.78 Å². The Labute approximate surface area is 110 Å². The molecule has 18 heavy (non-hydrogen) atoms. The lowest BCUT2D eigenvalue weighted by atomic mass is 9.76. The molecule has 0 aliphatic heterocycles. The summed E-state index contributed by atoms with van der Waals surface area (Å²) in [4.78, 5) is 11.2. The fraction of sp³-hybridized carbons (Fsp3) is 0.500. The molecule has 0 N–H and O–H groups in total. The summed E-state index contributed by atoms with van der Waals surface area (Å²) in [5.74, 6) is -2.86. The van der Waals surface area contributed by atoms with Crippen molar-refractivity contribution in [3.05, 3.63) is 35.4 Å². The van der Waals surface area contributed by atoms with Gasteiger partial charge in [0.2, 0.25) is 11.2 Å². The normalized spacial score (nSPS) is 20.2. The number of benzene rings is 1. The summed E-state index contributed by atoms with van der Waals surface area (Å²) in [6.07, 6.45) is 0.499. The second kappa shape index (κ2) is 4.96. The summed E-state index contributed by atoms with van der Waals surface area (Å²) in [7, 11) is 0. The maximum absolute atomic E-state index is 12.8. The average molecular weight is 273 g/mol. The summed E-state index contributed by atoms with van der Waals surface area (Å²) < 4.78 is 25.6. The Morgan fingerprint density at radius 1 is 1.39 bits per heavy atom. The molecule has 4 heteroatoms. The second-order valence-corrected chi connectivity index (χ2v) is 5.27. The Kier molecular flexibility index (Phi) is 3.71. The number of carbonyl (C=O) groups excluding carboxylic acids is 1. The minimum Gasteiger partial charge on any atom is -0.281 e. The zero-order chi connectivity index (χ0) is 13.3. The third-order valence-electron chi connectivity index (χ3n) is 3.58. The van der Waals surface area contributed by atoms with Crippen LogP contribution in [-0.2, 0) is 4.79 Å². The number of alkyl halides is 2. The molecule has 0 unspecified atom stereocenters. The lowest BCUT2D eigenvalue weighted by molar-refractivity contribution is -0.113. The molecule has 0 aromatic heterocycles. The summed E-state index contributed by atoms with van der Waals surface area (Å²) in [6, 6.07) is 7.30. The summed E-state index contributed by atoms with van der Waals surface area (Å²) in [5.41, 5.74) is 1.77. The highest BCUT2D eigenvalue weighted by atomic mass is 35.5. The van der Waals surface area contributed by atoms with Crippen LogP contribution < -0.4 is 0 Å². The molecule has 2 rings (SSSR count). The van der Waals surface area contributed by atoms with Crippen LogP contribution in [0.25, 0.3) is 0 Å². The van der Waals surface area contributed by atoms with E-state index >= 15 is 0 Å². The van der Waals surface area contributed by atoms with Crippen molar-refractivity contribution < 1.29 is 13.6 Å². The lowest BCUT2D eigenvalue weighted by Gasteiger charge is -2.35. The molecule has 1 saturated carbocycles. The van der Waals surface area contributed by atoms with E-state index in [4.69, 9.17) is 11.6 Å². The second-order valence-electron chi connectivity index (χ2n) is 4.89. The van der Waals surface area contributed by atoms with E-state index < -0.39 is 5.92 Å². The van der Waals surface area contributed by atoms with Crippen LogP contribution in [0, 0.1) is 0 Å². The third kappa shape index (κ3) is 2.72. The van der Waals surface area contributed by atoms with Crippen LogP contribution in [0.5, 0.6) is 0 Å². The summed E-state index contributed by atoms with van der Waals surface area (Å²) in [5, 5.41) is -0.375. The highest BCUT2D eigenvalue weighted by Gasteiger charge is 2.45. The Morgan fingerprint density at radius 2 is 1.94 bits per heavy atom. The third-order valence-corrected chi connectivity index (χ3v) is 3.85. The Bertz CT molecular complexity index is 434. The molecule has 0 bridgehead atoms. The van der Waals surface area contributed by atoms with Gasteiger partial charge in [-0.05, 0) is 35.1 Å². The molecule has 98 valence electrons. The smallest absolute Gasteiger partial charge is 0.249 e. The summed E-state index contributed by atoms with van der Waals surface area (Å²) in [6.45, 7) is 1.89. The van der Waals surface area contributed by atoms with E-state index in [-0.39, 0.29) is 29.9 Å². The van der Waals surface area contributed by atoms with E-state index in [1.54, 1.807) is 0 Å². The van der Waals surface area contributed by atoms with Crippen molar-refractivity contribution in [1.82, 2.24) is 0 Å². The number of halogens is 3. The fourth-order valence-electron chi connectivity index (χ4n) is 2.42. The van der Waals surface area contributed by atoms with Gasteiger partial charge in [-0.15, -0.1) is 0 Å². The molecule has 1 nitrogen and oxygen atoms in total. The van der Waals surface area contributed by atoms with Gasteiger partial charge in [0.25, 0.3) is 0 Å². The first-order valence-electron chi connectivity index (χ1n) is 6.10. The van der Waals surface area contributed by atoms with Crippen molar-refractivity contribution in [2.24, 2.45) is 0 Å². The molecule has 0 heterocycles. The first-order valence-corrected chi connectivity index (χ1v) is 6.48. The van der Waals surface area contributed by atoms with E-state index in [2.05, 4.69) is 0 Å². The monoisotopic (exact) mass is 272 g/mol. The molecule has 0 saturated heterocycles. The van der Waals surface area contributed by atoms with Crippen LogP contribution in [-0.4, -0.2) is 11.2 Å². The molecule has 1 atom stereocenters. The van der Waals surface area contributed by atoms with Gasteiger partial charge in [0.1, 0.15) is 0 Å². The van der Waals surface area contributed by atoms with Gasteiger partial charge in [-0.3, -0.25) is 4.79 Å². The van der Waals surface area contributed by atoms with Gasteiger partial charge < -0.3 is 0 Å². The fourth-order valence-corrected chi connectivity index (χ4v) is 2.70. The summed E-state index contributed by atoms with van der Waals surface area (Å²) >= 11 is 5.52. The minimum absolute atomic E-state index is 0.0548. The molecular formula is C14H15ClF2O. The van der Waals surface area contributed by atoms with Gasteiger partial charge in [0.15, 0.2) is 0 Å². The van der Waals surface area contributed by atoms with Crippen molar-refractivity contribution in [1.29, 1.82) is 0 Å². The number of rotatable bonds is 4. The Morgan fingerprint density at radius 3 is 2.33 bits per heavy atom. The zero-order valence-corrected chi connectivity index (χ0v) is 10.9. The quantitative estimate of drug-likeness (QED) is 0.740. The van der Waals surface area contributed by atoms with Gasteiger partial charge in [0, 0.05) is 12.8 Å². The number of hydrogen-bond acceptors (Lipinski definition) is 1. The Balaban J connectivity index is 2.08. The van der Waals surface area contributed by atoms with Crippen LogP contribution in [0.3, 0.4) is 0 Å². The predicted molar refractivity (Wildman–Crippen MR) is 67.3 cm³/mol. The highest BCUT2D eigenvalue weighted by molar-refractivity contribution is 6.64. The van der Waals surface area contributed by atoms with Crippen LogP contribution in [0.4, 0.5) is 8.78 Å². The first kappa shape index (κ1) is 13.5. The maximum atomic E-state index is 12.8. The average Bonchev–Trinajstić information content (AvgIpc) is 2.27. The first-order chi connectivity index (χ1) is 8.43. The molecule has 0 spiro atoms. The molecule has 0 radical (unpaired) electrons. The SMILES string of the molecule is CC[C@H](C(=O)Cl)c1ccc(C2CC(F)(F)C2)cc1. The largest absolute Gasteiger partial charge is 0.281 e. The van der Waals surface area contributed by atoms with Gasteiger partial charge in [-0.1, -0.05) is 31.2 Å². The molecule has 1 aromatic carbocycles. The maximum Gasteiger partial charge on any atom is 0.249 e. The van der Waals surface area contributed by atoms with E-state index in [1.807, 2.05) is 31.2 Å². The van der Waals surface area contributed by atoms with E-state index in [0.29, 0.717) is 6.42 Å². The van der Waals surface area contributed by atoms with E-state index in [1.165, 1.54) is 0 Å². The molecule has 1 aliphatic rings. The van der Waals surface area contributed by atoms with Crippen molar-refractivity contribution in [3.8, 4) is 0 Å². The van der Waals surface area contributed by atoms with Gasteiger partial charge >= 0.3 is 0 Å². The predicted octanol–water partition coefficient (Wildman–Crippen LogP) is 4.46. The Hall–Kier alpha value is -0.960. The lowest BCUT2D eigenvalue weighted by Crippen LogP contribution is -2.33. The molecule has 1 aliphatic carbocycles. The van der Waals surface area contributed by atoms with Crippen molar-refractivity contribution in [2.45, 2.75) is 43.9 Å².